The molecule has 1 aromatic carbocycles. The van der Waals surface area contributed by atoms with Gasteiger partial charge in [-0.2, -0.15) is 0 Å². The van der Waals surface area contributed by atoms with Crippen molar-refractivity contribution >= 4 is 17.5 Å². The van der Waals surface area contributed by atoms with Gasteiger partial charge in [-0.25, -0.2) is 9.37 Å². The van der Waals surface area contributed by atoms with E-state index in [1.807, 2.05) is 18.2 Å². The summed E-state index contributed by atoms with van der Waals surface area (Å²) in [6, 6.07) is 9.14. The molecule has 1 amide bonds. The van der Waals surface area contributed by atoms with E-state index < -0.39 is 5.82 Å². The maximum atomic E-state index is 13.2. The summed E-state index contributed by atoms with van der Waals surface area (Å²) in [6.45, 7) is 1.12. The molecule has 1 aliphatic rings. The molecule has 0 atom stereocenters. The molecule has 1 aliphatic heterocycles. The number of hydrogen-bond acceptors (Lipinski definition) is 2. The largest absolute Gasteiger partial charge is 0.334 e. The summed E-state index contributed by atoms with van der Waals surface area (Å²) >= 11 is 5.89. The Kier molecular flexibility index (Phi) is 3.40. The lowest BCUT2D eigenvalue weighted by Gasteiger charge is -2.29. The molecule has 0 saturated carbocycles. The average molecular weight is 291 g/mol. The number of carbonyl (C=O) groups is 1. The lowest BCUT2D eigenvalue weighted by molar-refractivity contribution is 0.0734. The highest BCUT2D eigenvalue weighted by Crippen LogP contribution is 2.22. The van der Waals surface area contributed by atoms with Gasteiger partial charge in [0.1, 0.15) is 11.0 Å². The molecule has 3 nitrogen and oxygen atoms in total. The number of pyridine rings is 1. The van der Waals surface area contributed by atoms with Crippen LogP contribution in [0.25, 0.3) is 0 Å². The number of aromatic nitrogens is 1. The van der Waals surface area contributed by atoms with E-state index in [-0.39, 0.29) is 16.6 Å². The Bertz CT molecular complexity index is 675. The Morgan fingerprint density at radius 3 is 2.85 bits per heavy atom. The van der Waals surface area contributed by atoms with Gasteiger partial charge in [-0.05, 0) is 23.6 Å². The molecule has 0 saturated heterocycles. The highest BCUT2D eigenvalue weighted by Gasteiger charge is 2.23. The van der Waals surface area contributed by atoms with Crippen LogP contribution in [0.3, 0.4) is 0 Å². The van der Waals surface area contributed by atoms with Gasteiger partial charge in [-0.3, -0.25) is 4.79 Å². The molecule has 102 valence electrons. The first kappa shape index (κ1) is 13.1. The highest BCUT2D eigenvalue weighted by atomic mass is 35.5. The van der Waals surface area contributed by atoms with Crippen molar-refractivity contribution in [3.05, 3.63) is 64.2 Å². The van der Waals surface area contributed by atoms with Crippen LogP contribution < -0.4 is 0 Å². The highest BCUT2D eigenvalue weighted by molar-refractivity contribution is 6.32. The summed E-state index contributed by atoms with van der Waals surface area (Å²) in [4.78, 5) is 17.8. The summed E-state index contributed by atoms with van der Waals surface area (Å²) in [5.41, 5.74) is 2.48. The van der Waals surface area contributed by atoms with Crippen molar-refractivity contribution in [1.82, 2.24) is 9.88 Å². The number of amides is 1. The second-order valence-electron chi connectivity index (χ2n) is 4.74. The van der Waals surface area contributed by atoms with Gasteiger partial charge in [-0.1, -0.05) is 35.9 Å². The van der Waals surface area contributed by atoms with Crippen molar-refractivity contribution in [1.29, 1.82) is 0 Å². The van der Waals surface area contributed by atoms with Crippen LogP contribution in [-0.2, 0) is 13.0 Å². The smallest absolute Gasteiger partial charge is 0.257 e. The van der Waals surface area contributed by atoms with Gasteiger partial charge >= 0.3 is 0 Å². The maximum Gasteiger partial charge on any atom is 0.257 e. The number of fused-ring (bicyclic) bond motifs is 1. The molecule has 20 heavy (non-hydrogen) atoms. The Morgan fingerprint density at radius 2 is 2.05 bits per heavy atom. The van der Waals surface area contributed by atoms with Gasteiger partial charge in [-0.15, -0.1) is 0 Å². The molecule has 0 unspecified atom stereocenters. The Hall–Kier alpha value is -1.94. The van der Waals surface area contributed by atoms with E-state index in [0.717, 1.165) is 24.2 Å². The molecule has 5 heteroatoms. The molecule has 0 bridgehead atoms. The number of hydrogen-bond donors (Lipinski definition) is 0. The molecule has 0 radical (unpaired) electrons. The van der Waals surface area contributed by atoms with E-state index in [1.54, 1.807) is 4.90 Å². The number of rotatable bonds is 1. The first-order valence-corrected chi connectivity index (χ1v) is 6.70. The standard InChI is InChI=1S/C15H12ClFN2O/c16-14-13(7-12(17)8-18-14)15(20)19-6-5-10-3-1-2-4-11(10)9-19/h1-4,7-8H,5-6,9H2. The van der Waals surface area contributed by atoms with Crippen LogP contribution in [0.5, 0.6) is 0 Å². The fourth-order valence-corrected chi connectivity index (χ4v) is 2.60. The fraction of sp³-hybridized carbons (Fsp3) is 0.200. The number of nitrogens with zero attached hydrogens (tertiary/aromatic N) is 2. The first-order valence-electron chi connectivity index (χ1n) is 6.32. The number of benzene rings is 1. The van der Waals surface area contributed by atoms with Crippen LogP contribution in [0, 0.1) is 5.82 Å². The Morgan fingerprint density at radius 1 is 1.30 bits per heavy atom. The molecule has 0 fully saturated rings. The third-order valence-electron chi connectivity index (χ3n) is 3.45. The molecule has 3 rings (SSSR count). The van der Waals surface area contributed by atoms with Gasteiger partial charge < -0.3 is 4.90 Å². The summed E-state index contributed by atoms with van der Waals surface area (Å²) in [6.07, 6.45) is 1.80. The van der Waals surface area contributed by atoms with Crippen LogP contribution in [0.1, 0.15) is 21.5 Å². The fourth-order valence-electron chi connectivity index (χ4n) is 2.41. The molecular weight excluding hydrogens is 279 g/mol. The van der Waals surface area contributed by atoms with Gasteiger partial charge in [0, 0.05) is 13.1 Å². The van der Waals surface area contributed by atoms with E-state index in [9.17, 15) is 9.18 Å². The van der Waals surface area contributed by atoms with Crippen molar-refractivity contribution in [3.8, 4) is 0 Å². The SMILES string of the molecule is O=C(c1cc(F)cnc1Cl)N1CCc2ccccc2C1. The zero-order valence-electron chi connectivity index (χ0n) is 10.6. The van der Waals surface area contributed by atoms with Crippen molar-refractivity contribution in [2.75, 3.05) is 6.54 Å². The predicted molar refractivity (Wildman–Crippen MR) is 74.1 cm³/mol. The van der Waals surface area contributed by atoms with Crippen LogP contribution in [-0.4, -0.2) is 22.3 Å². The van der Waals surface area contributed by atoms with Crippen molar-refractivity contribution in [3.63, 3.8) is 0 Å². The van der Waals surface area contributed by atoms with E-state index in [1.165, 1.54) is 5.56 Å². The second kappa shape index (κ2) is 5.21. The van der Waals surface area contributed by atoms with Gasteiger partial charge in [0.05, 0.1) is 11.8 Å². The minimum atomic E-state index is -0.560. The molecule has 2 heterocycles. The van der Waals surface area contributed by atoms with Gasteiger partial charge in [0.25, 0.3) is 5.91 Å². The normalized spacial score (nSPS) is 14.0. The minimum Gasteiger partial charge on any atom is -0.334 e. The molecule has 0 N–H and O–H groups in total. The van der Waals surface area contributed by atoms with Gasteiger partial charge in [0.2, 0.25) is 0 Å². The lowest BCUT2D eigenvalue weighted by atomic mass is 9.99. The van der Waals surface area contributed by atoms with Crippen LogP contribution in [0.4, 0.5) is 4.39 Å². The van der Waals surface area contributed by atoms with Crippen molar-refractivity contribution in [2.45, 2.75) is 13.0 Å². The third-order valence-corrected chi connectivity index (χ3v) is 3.76. The van der Waals surface area contributed by atoms with Gasteiger partial charge in [0.15, 0.2) is 0 Å². The lowest BCUT2D eigenvalue weighted by Crippen LogP contribution is -2.36. The number of carbonyl (C=O) groups excluding carboxylic acids is 1. The summed E-state index contributed by atoms with van der Waals surface area (Å²) in [5.74, 6) is -0.841. The number of halogens is 2. The van der Waals surface area contributed by atoms with E-state index in [4.69, 9.17) is 11.6 Å². The van der Waals surface area contributed by atoms with Crippen LogP contribution >= 0.6 is 11.6 Å². The molecular formula is C15H12ClFN2O. The monoisotopic (exact) mass is 290 g/mol. The quantitative estimate of drug-likeness (QED) is 0.756. The summed E-state index contributed by atoms with van der Waals surface area (Å²) in [5, 5.41) is 0.0373. The zero-order chi connectivity index (χ0) is 14.1. The van der Waals surface area contributed by atoms with Crippen LogP contribution in [0.2, 0.25) is 5.15 Å². The topological polar surface area (TPSA) is 33.2 Å². The Balaban J connectivity index is 1.88. The molecule has 0 spiro atoms. The molecule has 1 aromatic heterocycles. The van der Waals surface area contributed by atoms with E-state index in [0.29, 0.717) is 13.1 Å². The van der Waals surface area contributed by atoms with Crippen LogP contribution in [0.15, 0.2) is 36.5 Å². The zero-order valence-corrected chi connectivity index (χ0v) is 11.4. The van der Waals surface area contributed by atoms with Crippen molar-refractivity contribution in [2.24, 2.45) is 0 Å². The first-order chi connectivity index (χ1) is 9.65. The predicted octanol–water partition coefficient (Wildman–Crippen LogP) is 3.07. The maximum absolute atomic E-state index is 13.2. The Labute approximate surface area is 121 Å². The third kappa shape index (κ3) is 2.39. The molecule has 0 aliphatic carbocycles. The van der Waals surface area contributed by atoms with Crippen molar-refractivity contribution < 1.29 is 9.18 Å². The second-order valence-corrected chi connectivity index (χ2v) is 5.10. The summed E-state index contributed by atoms with van der Waals surface area (Å²) in [7, 11) is 0. The molecule has 2 aromatic rings. The van der Waals surface area contributed by atoms with E-state index in [2.05, 4.69) is 11.1 Å². The van der Waals surface area contributed by atoms with E-state index >= 15 is 0 Å². The minimum absolute atomic E-state index is 0.0373. The summed E-state index contributed by atoms with van der Waals surface area (Å²) < 4.78 is 13.2. The average Bonchev–Trinajstić information content (AvgIpc) is 2.48.